The molecule has 0 aliphatic carbocycles. The van der Waals surface area contributed by atoms with Gasteiger partial charge in [0.05, 0.1) is 35.5 Å². The van der Waals surface area contributed by atoms with E-state index in [0.29, 0.717) is 5.75 Å². The Balaban J connectivity index is 2.11. The second-order valence-corrected chi connectivity index (χ2v) is 10.9. The molecule has 4 N–H and O–H groups in total. The zero-order valence-electron chi connectivity index (χ0n) is 23.2. The molecular formula is C26H26O15P2. The summed E-state index contributed by atoms with van der Waals surface area (Å²) in [5, 5.41) is 0.236. The van der Waals surface area contributed by atoms with E-state index in [4.69, 9.17) is 37.1 Å². The summed E-state index contributed by atoms with van der Waals surface area (Å²) in [6, 6.07) is 9.68. The molecule has 4 aromatic rings. The van der Waals surface area contributed by atoms with E-state index in [2.05, 4.69) is 0 Å². The number of hydrogen-bond donors (Lipinski definition) is 4. The fourth-order valence-corrected chi connectivity index (χ4v) is 5.12. The molecule has 0 aliphatic heterocycles. The molecule has 0 saturated heterocycles. The van der Waals surface area contributed by atoms with Gasteiger partial charge in [-0.3, -0.25) is 24.4 Å². The van der Waals surface area contributed by atoms with Gasteiger partial charge >= 0.3 is 15.6 Å². The molecule has 1 aromatic heterocycles. The Morgan fingerprint density at radius 1 is 0.674 bits per heavy atom. The van der Waals surface area contributed by atoms with Crippen molar-refractivity contribution in [3.63, 3.8) is 0 Å². The van der Waals surface area contributed by atoms with Crippen molar-refractivity contribution in [2.24, 2.45) is 0 Å². The number of fused-ring (bicyclic) bond motifs is 1. The minimum Gasteiger partial charge on any atom is -0.497 e. The summed E-state index contributed by atoms with van der Waals surface area (Å²) in [6.45, 7) is 0. The van der Waals surface area contributed by atoms with E-state index in [1.165, 1.54) is 70.9 Å². The average molecular weight is 640 g/mol. The van der Waals surface area contributed by atoms with Crippen LogP contribution in [0.4, 0.5) is 0 Å². The van der Waals surface area contributed by atoms with Crippen molar-refractivity contribution in [3.05, 3.63) is 53.8 Å². The smallest absolute Gasteiger partial charge is 0.497 e. The predicted molar refractivity (Wildman–Crippen MR) is 150 cm³/mol. The van der Waals surface area contributed by atoms with E-state index in [9.17, 15) is 33.5 Å². The van der Waals surface area contributed by atoms with Gasteiger partial charge in [0.15, 0.2) is 28.8 Å². The van der Waals surface area contributed by atoms with Crippen molar-refractivity contribution in [1.29, 1.82) is 0 Å². The number of furan rings is 1. The number of carbonyl (C=O) groups excluding carboxylic acids is 1. The Labute approximate surface area is 243 Å². The normalized spacial score (nSPS) is 11.7. The summed E-state index contributed by atoms with van der Waals surface area (Å²) >= 11 is 0. The third kappa shape index (κ3) is 6.57. The lowest BCUT2D eigenvalue weighted by Gasteiger charge is -2.19. The van der Waals surface area contributed by atoms with E-state index in [-0.39, 0.29) is 56.4 Å². The van der Waals surface area contributed by atoms with Crippen LogP contribution in [0.25, 0.3) is 22.1 Å². The lowest BCUT2D eigenvalue weighted by atomic mass is 9.96. The summed E-state index contributed by atoms with van der Waals surface area (Å²) in [4.78, 5) is 52.7. The average Bonchev–Trinajstić information content (AvgIpc) is 3.33. The van der Waals surface area contributed by atoms with Gasteiger partial charge in [-0.25, -0.2) is 9.13 Å². The highest BCUT2D eigenvalue weighted by molar-refractivity contribution is 7.47. The fraction of sp³-hybridized carbons (Fsp3) is 0.192. The largest absolute Gasteiger partial charge is 0.525 e. The van der Waals surface area contributed by atoms with Gasteiger partial charge in [-0.2, -0.15) is 0 Å². The van der Waals surface area contributed by atoms with Gasteiger partial charge in [0.25, 0.3) is 0 Å². The van der Waals surface area contributed by atoms with Gasteiger partial charge in [0, 0.05) is 28.1 Å². The third-order valence-corrected chi connectivity index (χ3v) is 6.86. The second kappa shape index (κ2) is 12.2. The maximum Gasteiger partial charge on any atom is 0.525 e. The standard InChI is InChI=1S/C26H26O15P2/c1-34-14-6-7-15-18(12-14)39-26(22(27)13-10-19(36-3)24(38-5)20(11-13)37-4)21(15)16-8-9-17(35-2)25(41-43(31,32)33)23(16)40-42(28,29)30/h6-12H,1-5H3,(H2,28,29,30)(H2,31,32,33). The SMILES string of the molecule is COc1ccc2c(-c3ccc(OC)c(OP(=O)(O)O)c3OP(=O)(O)O)c(C(=O)c3cc(OC)c(OC)c(OC)c3)oc2c1. The molecule has 1 heterocycles. The van der Waals surface area contributed by atoms with Crippen molar-refractivity contribution in [3.8, 4) is 51.4 Å². The molecule has 43 heavy (non-hydrogen) atoms. The highest BCUT2D eigenvalue weighted by Crippen LogP contribution is 2.56. The van der Waals surface area contributed by atoms with Crippen LogP contribution in [-0.4, -0.2) is 60.9 Å². The number of carbonyl (C=O) groups is 1. The van der Waals surface area contributed by atoms with Gasteiger partial charge < -0.3 is 37.1 Å². The highest BCUT2D eigenvalue weighted by Gasteiger charge is 2.34. The molecule has 0 radical (unpaired) electrons. The van der Waals surface area contributed by atoms with Gasteiger partial charge in [-0.1, -0.05) is 0 Å². The number of benzene rings is 3. The summed E-state index contributed by atoms with van der Waals surface area (Å²) in [5.41, 5.74) is -0.203. The van der Waals surface area contributed by atoms with Crippen LogP contribution in [0.2, 0.25) is 0 Å². The zero-order valence-corrected chi connectivity index (χ0v) is 25.0. The lowest BCUT2D eigenvalue weighted by Crippen LogP contribution is -2.05. The van der Waals surface area contributed by atoms with Gasteiger partial charge in [-0.05, 0) is 36.4 Å². The van der Waals surface area contributed by atoms with Crippen LogP contribution in [0.15, 0.2) is 46.9 Å². The van der Waals surface area contributed by atoms with Crippen LogP contribution in [0.3, 0.4) is 0 Å². The maximum atomic E-state index is 14.1. The Hall–Kier alpha value is -4.23. The van der Waals surface area contributed by atoms with Crippen LogP contribution in [0.1, 0.15) is 16.1 Å². The van der Waals surface area contributed by atoms with Crippen LogP contribution >= 0.6 is 15.6 Å². The molecule has 0 amide bonds. The third-order valence-electron chi connectivity index (χ3n) is 6.02. The summed E-state index contributed by atoms with van der Waals surface area (Å²) in [5.74, 6) is -2.27. The summed E-state index contributed by atoms with van der Waals surface area (Å²) < 4.78 is 65.9. The minimum absolute atomic E-state index is 0.000528. The Morgan fingerprint density at radius 2 is 1.26 bits per heavy atom. The monoisotopic (exact) mass is 640 g/mol. The van der Waals surface area contributed by atoms with Crippen molar-refractivity contribution in [2.75, 3.05) is 35.5 Å². The van der Waals surface area contributed by atoms with Crippen LogP contribution in [0.5, 0.6) is 40.2 Å². The number of phosphoric ester groups is 2. The van der Waals surface area contributed by atoms with Crippen LogP contribution < -0.4 is 32.7 Å². The first kappa shape index (κ1) is 31.7. The Kier molecular flexibility index (Phi) is 8.97. The van der Waals surface area contributed by atoms with E-state index < -0.39 is 32.9 Å². The zero-order chi connectivity index (χ0) is 31.7. The van der Waals surface area contributed by atoms with E-state index in [1.54, 1.807) is 0 Å². The molecule has 0 aliphatic rings. The quantitative estimate of drug-likeness (QED) is 0.126. The van der Waals surface area contributed by atoms with E-state index >= 15 is 0 Å². The molecule has 230 valence electrons. The summed E-state index contributed by atoms with van der Waals surface area (Å²) in [6.07, 6.45) is 0. The fourth-order valence-electron chi connectivity index (χ4n) is 4.29. The van der Waals surface area contributed by atoms with Crippen LogP contribution in [-0.2, 0) is 9.13 Å². The lowest BCUT2D eigenvalue weighted by molar-refractivity contribution is 0.101. The molecular weight excluding hydrogens is 614 g/mol. The van der Waals surface area contributed by atoms with E-state index in [1.807, 2.05) is 0 Å². The van der Waals surface area contributed by atoms with Crippen molar-refractivity contribution < 1.29 is 70.6 Å². The highest BCUT2D eigenvalue weighted by atomic mass is 31.2. The first-order valence-electron chi connectivity index (χ1n) is 11.9. The Bertz CT molecular complexity index is 1760. The molecule has 0 bridgehead atoms. The van der Waals surface area contributed by atoms with Crippen LogP contribution in [0, 0.1) is 0 Å². The van der Waals surface area contributed by atoms with Gasteiger partial charge in [-0.15, -0.1) is 0 Å². The molecule has 0 fully saturated rings. The molecule has 3 aromatic carbocycles. The minimum atomic E-state index is -5.41. The number of methoxy groups -OCH3 is 5. The van der Waals surface area contributed by atoms with Gasteiger partial charge in [0.2, 0.25) is 17.3 Å². The molecule has 0 atom stereocenters. The predicted octanol–water partition coefficient (Wildman–Crippen LogP) is 4.32. The van der Waals surface area contributed by atoms with Gasteiger partial charge in [0.1, 0.15) is 11.3 Å². The molecule has 4 rings (SSSR count). The second-order valence-electron chi connectivity index (χ2n) is 8.55. The number of ether oxygens (including phenoxy) is 5. The number of ketones is 1. The molecule has 0 spiro atoms. The summed E-state index contributed by atoms with van der Waals surface area (Å²) in [7, 11) is -4.11. The van der Waals surface area contributed by atoms with E-state index in [0.717, 1.165) is 7.11 Å². The maximum absolute atomic E-state index is 14.1. The number of phosphoric acid groups is 2. The first-order valence-corrected chi connectivity index (χ1v) is 15.0. The first-order chi connectivity index (χ1) is 20.2. The number of hydrogen-bond acceptors (Lipinski definition) is 11. The topological polar surface area (TPSA) is 210 Å². The van der Waals surface area contributed by atoms with Crippen molar-refractivity contribution in [1.82, 2.24) is 0 Å². The number of rotatable bonds is 12. The molecule has 17 heteroatoms. The van der Waals surface area contributed by atoms with Crippen molar-refractivity contribution in [2.45, 2.75) is 0 Å². The van der Waals surface area contributed by atoms with Crippen molar-refractivity contribution >= 4 is 32.4 Å². The molecule has 0 saturated carbocycles. The molecule has 15 nitrogen and oxygen atoms in total. The Morgan fingerprint density at radius 3 is 1.77 bits per heavy atom. The molecule has 0 unspecified atom stereocenters.